The third-order valence-corrected chi connectivity index (χ3v) is 3.60. The fourth-order valence-electron chi connectivity index (χ4n) is 2.50. The Hall–Kier alpha value is -1.87. The molecule has 0 aliphatic heterocycles. The number of pyridine rings is 1. The van der Waals surface area contributed by atoms with Crippen LogP contribution < -0.4 is 0 Å². The molecule has 4 heteroatoms. The van der Waals surface area contributed by atoms with Crippen LogP contribution in [0.3, 0.4) is 0 Å². The van der Waals surface area contributed by atoms with E-state index in [0.29, 0.717) is 6.54 Å². The minimum absolute atomic E-state index is 0.134. The molecule has 1 atom stereocenters. The number of benzene rings is 1. The Morgan fingerprint density at radius 1 is 1.20 bits per heavy atom. The fraction of sp³-hybridized carbons (Fsp3) is 0.250. The summed E-state index contributed by atoms with van der Waals surface area (Å²) in [4.78, 5) is 9.07. The molecule has 0 fully saturated rings. The summed E-state index contributed by atoms with van der Waals surface area (Å²) in [7, 11) is 0. The molecular formula is C16H16ClN3. The molecule has 3 nitrogen and oxygen atoms in total. The summed E-state index contributed by atoms with van der Waals surface area (Å²) in [5.41, 5.74) is 4.34. The third-order valence-electron chi connectivity index (χ3n) is 3.40. The highest BCUT2D eigenvalue weighted by Crippen LogP contribution is 2.27. The SMILES string of the molecule is Cc1cccc2nc(C(C)Cl)n(Cc3ccccn3)c12. The van der Waals surface area contributed by atoms with Crippen LogP contribution in [0.5, 0.6) is 0 Å². The van der Waals surface area contributed by atoms with E-state index in [-0.39, 0.29) is 5.38 Å². The highest BCUT2D eigenvalue weighted by atomic mass is 35.5. The number of hydrogen-bond donors (Lipinski definition) is 0. The molecule has 0 saturated carbocycles. The molecule has 0 N–H and O–H groups in total. The van der Waals surface area contributed by atoms with Crippen molar-refractivity contribution < 1.29 is 0 Å². The smallest absolute Gasteiger partial charge is 0.128 e. The molecule has 0 aliphatic rings. The lowest BCUT2D eigenvalue weighted by Gasteiger charge is -2.11. The van der Waals surface area contributed by atoms with Gasteiger partial charge in [0.1, 0.15) is 5.82 Å². The van der Waals surface area contributed by atoms with E-state index in [2.05, 4.69) is 27.5 Å². The second-order valence-corrected chi connectivity index (χ2v) is 5.59. The van der Waals surface area contributed by atoms with Crippen LogP contribution in [0, 0.1) is 6.92 Å². The number of hydrogen-bond acceptors (Lipinski definition) is 2. The lowest BCUT2D eigenvalue weighted by molar-refractivity contribution is 0.726. The second-order valence-electron chi connectivity index (χ2n) is 4.94. The summed E-state index contributed by atoms with van der Waals surface area (Å²) in [6.07, 6.45) is 1.81. The number of aryl methyl sites for hydroxylation is 1. The third kappa shape index (κ3) is 2.29. The van der Waals surface area contributed by atoms with Crippen molar-refractivity contribution >= 4 is 22.6 Å². The van der Waals surface area contributed by atoms with Crippen molar-refractivity contribution in [2.45, 2.75) is 25.8 Å². The second kappa shape index (κ2) is 5.25. The van der Waals surface area contributed by atoms with Gasteiger partial charge in [-0.15, -0.1) is 11.6 Å². The van der Waals surface area contributed by atoms with E-state index in [0.717, 1.165) is 22.6 Å². The molecule has 0 bridgehead atoms. The van der Waals surface area contributed by atoms with Gasteiger partial charge in [0, 0.05) is 6.20 Å². The van der Waals surface area contributed by atoms with Crippen LogP contribution in [0.2, 0.25) is 0 Å². The van der Waals surface area contributed by atoms with Gasteiger partial charge in [-0.05, 0) is 37.6 Å². The lowest BCUT2D eigenvalue weighted by atomic mass is 10.2. The Labute approximate surface area is 123 Å². The van der Waals surface area contributed by atoms with E-state index in [4.69, 9.17) is 11.6 Å². The summed E-state index contributed by atoms with van der Waals surface area (Å²) >= 11 is 6.29. The van der Waals surface area contributed by atoms with Crippen LogP contribution in [-0.4, -0.2) is 14.5 Å². The van der Waals surface area contributed by atoms with Gasteiger partial charge in [-0.25, -0.2) is 4.98 Å². The van der Waals surface area contributed by atoms with Crippen LogP contribution in [-0.2, 0) is 6.54 Å². The number of imidazole rings is 1. The molecule has 0 amide bonds. The van der Waals surface area contributed by atoms with Crippen molar-refractivity contribution in [1.82, 2.24) is 14.5 Å². The van der Waals surface area contributed by atoms with E-state index in [9.17, 15) is 0 Å². The van der Waals surface area contributed by atoms with Gasteiger partial charge in [0.2, 0.25) is 0 Å². The molecule has 0 spiro atoms. The van der Waals surface area contributed by atoms with E-state index in [1.807, 2.05) is 43.5 Å². The molecule has 1 aromatic carbocycles. The van der Waals surface area contributed by atoms with Gasteiger partial charge < -0.3 is 4.57 Å². The topological polar surface area (TPSA) is 30.7 Å². The van der Waals surface area contributed by atoms with Crippen molar-refractivity contribution in [3.8, 4) is 0 Å². The molecule has 20 heavy (non-hydrogen) atoms. The Morgan fingerprint density at radius 2 is 2.05 bits per heavy atom. The largest absolute Gasteiger partial charge is 0.320 e. The van der Waals surface area contributed by atoms with Gasteiger partial charge in [0.15, 0.2) is 0 Å². The summed E-state index contributed by atoms with van der Waals surface area (Å²) in [6.45, 7) is 4.74. The van der Waals surface area contributed by atoms with E-state index >= 15 is 0 Å². The maximum Gasteiger partial charge on any atom is 0.128 e. The quantitative estimate of drug-likeness (QED) is 0.679. The minimum atomic E-state index is -0.134. The summed E-state index contributed by atoms with van der Waals surface area (Å²) in [5.74, 6) is 0.890. The predicted octanol–water partition coefficient (Wildman–Crippen LogP) is 4.09. The zero-order valence-corrected chi connectivity index (χ0v) is 12.3. The monoisotopic (exact) mass is 285 g/mol. The van der Waals surface area contributed by atoms with Crippen LogP contribution in [0.1, 0.15) is 29.4 Å². The van der Waals surface area contributed by atoms with Crippen LogP contribution >= 0.6 is 11.6 Å². The summed E-state index contributed by atoms with van der Waals surface area (Å²) < 4.78 is 2.17. The Balaban J connectivity index is 2.19. The molecule has 3 rings (SSSR count). The molecule has 102 valence electrons. The number of halogens is 1. The van der Waals surface area contributed by atoms with Crippen molar-refractivity contribution in [2.24, 2.45) is 0 Å². The average molecular weight is 286 g/mol. The van der Waals surface area contributed by atoms with Crippen molar-refractivity contribution in [3.63, 3.8) is 0 Å². The first-order valence-electron chi connectivity index (χ1n) is 6.66. The normalized spacial score (nSPS) is 12.8. The fourth-order valence-corrected chi connectivity index (χ4v) is 2.67. The number of fused-ring (bicyclic) bond motifs is 1. The lowest BCUT2D eigenvalue weighted by Crippen LogP contribution is -2.07. The number of nitrogens with zero attached hydrogens (tertiary/aromatic N) is 3. The number of para-hydroxylation sites is 1. The standard InChI is InChI=1S/C16H16ClN3/c1-11-6-5-8-14-15(11)20(16(19-14)12(2)17)10-13-7-3-4-9-18-13/h3-9,12H,10H2,1-2H3. The summed E-state index contributed by atoms with van der Waals surface area (Å²) in [6, 6.07) is 12.1. The van der Waals surface area contributed by atoms with Crippen molar-refractivity contribution in [2.75, 3.05) is 0 Å². The summed E-state index contributed by atoms with van der Waals surface area (Å²) in [5, 5.41) is -0.134. The van der Waals surface area contributed by atoms with Crippen LogP contribution in [0.4, 0.5) is 0 Å². The van der Waals surface area contributed by atoms with Gasteiger partial charge in [-0.1, -0.05) is 18.2 Å². The highest BCUT2D eigenvalue weighted by molar-refractivity contribution is 6.20. The first-order valence-corrected chi connectivity index (χ1v) is 7.10. The molecule has 2 heterocycles. The number of rotatable bonds is 3. The molecule has 3 aromatic rings. The van der Waals surface area contributed by atoms with Crippen molar-refractivity contribution in [1.29, 1.82) is 0 Å². The zero-order valence-electron chi connectivity index (χ0n) is 11.5. The van der Waals surface area contributed by atoms with Gasteiger partial charge >= 0.3 is 0 Å². The number of aromatic nitrogens is 3. The van der Waals surface area contributed by atoms with E-state index in [1.54, 1.807) is 0 Å². The Bertz CT molecular complexity index is 732. The average Bonchev–Trinajstić information content (AvgIpc) is 2.80. The Morgan fingerprint density at radius 3 is 2.75 bits per heavy atom. The first kappa shape index (κ1) is 13.1. The van der Waals surface area contributed by atoms with E-state index in [1.165, 1.54) is 5.56 Å². The first-order chi connectivity index (χ1) is 9.66. The van der Waals surface area contributed by atoms with Gasteiger partial charge in [-0.3, -0.25) is 4.98 Å². The minimum Gasteiger partial charge on any atom is -0.320 e. The van der Waals surface area contributed by atoms with E-state index < -0.39 is 0 Å². The van der Waals surface area contributed by atoms with Crippen LogP contribution in [0.15, 0.2) is 42.6 Å². The predicted molar refractivity (Wildman–Crippen MR) is 82.1 cm³/mol. The molecule has 1 unspecified atom stereocenters. The highest BCUT2D eigenvalue weighted by Gasteiger charge is 2.16. The van der Waals surface area contributed by atoms with Gasteiger partial charge in [0.05, 0.1) is 28.6 Å². The van der Waals surface area contributed by atoms with Gasteiger partial charge in [0.25, 0.3) is 0 Å². The van der Waals surface area contributed by atoms with Gasteiger partial charge in [-0.2, -0.15) is 0 Å². The molecule has 0 radical (unpaired) electrons. The molecular weight excluding hydrogens is 270 g/mol. The molecule has 0 aliphatic carbocycles. The zero-order chi connectivity index (χ0) is 14.1. The van der Waals surface area contributed by atoms with Crippen LogP contribution in [0.25, 0.3) is 11.0 Å². The number of alkyl halides is 1. The Kier molecular flexibility index (Phi) is 3.45. The molecule has 2 aromatic heterocycles. The maximum atomic E-state index is 6.29. The van der Waals surface area contributed by atoms with Crippen molar-refractivity contribution in [3.05, 3.63) is 59.7 Å². The maximum absolute atomic E-state index is 6.29. The molecule has 0 saturated heterocycles.